The second kappa shape index (κ2) is 5.02. The first-order valence-corrected chi connectivity index (χ1v) is 6.39. The van der Waals surface area contributed by atoms with Gasteiger partial charge >= 0.3 is 0 Å². The molecular formula is C15H7N2O6-. The number of anilines is 1. The maximum Gasteiger partial charge on any atom is 0.271 e. The van der Waals surface area contributed by atoms with Crippen molar-refractivity contribution >= 4 is 29.2 Å². The van der Waals surface area contributed by atoms with Crippen LogP contribution in [0.25, 0.3) is 0 Å². The Kier molecular flexibility index (Phi) is 3.14. The number of hydrogen-bond acceptors (Lipinski definition) is 6. The Morgan fingerprint density at radius 3 is 2.04 bits per heavy atom. The van der Waals surface area contributed by atoms with Gasteiger partial charge in [0, 0.05) is 17.7 Å². The highest BCUT2D eigenvalue weighted by Gasteiger charge is 2.38. The number of carboxylic acids is 1. The van der Waals surface area contributed by atoms with E-state index in [0.29, 0.717) is 4.90 Å². The minimum Gasteiger partial charge on any atom is -0.545 e. The number of carbonyl (C=O) groups is 3. The van der Waals surface area contributed by atoms with Crippen molar-refractivity contribution in [1.82, 2.24) is 0 Å². The molecule has 8 nitrogen and oxygen atoms in total. The average Bonchev–Trinajstić information content (AvgIpc) is 2.78. The zero-order chi connectivity index (χ0) is 16.7. The van der Waals surface area contributed by atoms with Crippen LogP contribution < -0.4 is 10.0 Å². The molecule has 1 aliphatic heterocycles. The maximum absolute atomic E-state index is 12.4. The molecule has 0 unspecified atom stereocenters. The third kappa shape index (κ3) is 2.13. The Morgan fingerprint density at radius 2 is 1.57 bits per heavy atom. The number of nitro benzene ring substituents is 1. The van der Waals surface area contributed by atoms with E-state index in [4.69, 9.17) is 0 Å². The second-order valence-electron chi connectivity index (χ2n) is 4.74. The monoisotopic (exact) mass is 311 g/mol. The van der Waals surface area contributed by atoms with Crippen LogP contribution in [-0.2, 0) is 0 Å². The summed E-state index contributed by atoms with van der Waals surface area (Å²) in [5, 5.41) is 22.1. The predicted molar refractivity (Wildman–Crippen MR) is 75.0 cm³/mol. The highest BCUT2D eigenvalue weighted by atomic mass is 16.6. The lowest BCUT2D eigenvalue weighted by Gasteiger charge is -2.18. The molecule has 8 heteroatoms. The molecule has 0 radical (unpaired) electrons. The first-order chi connectivity index (χ1) is 10.9. The molecule has 1 aliphatic rings. The fourth-order valence-electron chi connectivity index (χ4n) is 2.40. The van der Waals surface area contributed by atoms with Crippen molar-refractivity contribution < 1.29 is 24.4 Å². The normalized spacial score (nSPS) is 13.1. The fraction of sp³-hybridized carbons (Fsp3) is 0. The van der Waals surface area contributed by atoms with E-state index in [2.05, 4.69) is 0 Å². The number of benzene rings is 2. The number of nitro groups is 1. The standard InChI is InChI=1S/C15H8N2O6/c18-13-9-3-1-2-4-10(9)14(19)16(13)12-7-8(17(22)23)5-6-11(12)15(20)21/h1-7H,(H,20,21)/p-1. The lowest BCUT2D eigenvalue weighted by Crippen LogP contribution is -2.33. The number of hydrogen-bond donors (Lipinski definition) is 0. The highest BCUT2D eigenvalue weighted by Crippen LogP contribution is 2.32. The first-order valence-electron chi connectivity index (χ1n) is 6.39. The third-order valence-electron chi connectivity index (χ3n) is 3.45. The van der Waals surface area contributed by atoms with Gasteiger partial charge in [-0.3, -0.25) is 19.7 Å². The highest BCUT2D eigenvalue weighted by molar-refractivity contribution is 6.35. The van der Waals surface area contributed by atoms with Crippen LogP contribution in [0.15, 0.2) is 42.5 Å². The number of nitrogens with zero attached hydrogens (tertiary/aromatic N) is 2. The molecule has 0 aliphatic carbocycles. The van der Waals surface area contributed by atoms with Crippen LogP contribution in [0.2, 0.25) is 0 Å². The van der Waals surface area contributed by atoms with Gasteiger partial charge in [-0.25, -0.2) is 4.90 Å². The minimum atomic E-state index is -1.65. The number of rotatable bonds is 3. The third-order valence-corrected chi connectivity index (χ3v) is 3.45. The Bertz CT molecular complexity index is 854. The van der Waals surface area contributed by atoms with Crippen LogP contribution in [-0.4, -0.2) is 22.7 Å². The number of aromatic carboxylic acids is 1. The lowest BCUT2D eigenvalue weighted by atomic mass is 10.1. The summed E-state index contributed by atoms with van der Waals surface area (Å²) in [4.78, 5) is 46.7. The molecule has 2 aromatic carbocycles. The summed E-state index contributed by atoms with van der Waals surface area (Å²) in [5.74, 6) is -3.13. The minimum absolute atomic E-state index is 0.105. The molecule has 114 valence electrons. The summed E-state index contributed by atoms with van der Waals surface area (Å²) in [7, 11) is 0. The summed E-state index contributed by atoms with van der Waals surface area (Å²) in [6.07, 6.45) is 0. The van der Waals surface area contributed by atoms with Crippen molar-refractivity contribution in [2.24, 2.45) is 0 Å². The fourth-order valence-corrected chi connectivity index (χ4v) is 2.40. The molecule has 0 saturated heterocycles. The predicted octanol–water partition coefficient (Wildman–Crippen LogP) is 0.759. The van der Waals surface area contributed by atoms with Crippen LogP contribution in [0.1, 0.15) is 31.1 Å². The summed E-state index contributed by atoms with van der Waals surface area (Å²) in [6.45, 7) is 0. The number of amides is 2. The quantitative estimate of drug-likeness (QED) is 0.468. The van der Waals surface area contributed by atoms with Crippen molar-refractivity contribution in [2.75, 3.05) is 4.90 Å². The maximum atomic E-state index is 12.4. The van der Waals surface area contributed by atoms with E-state index < -0.39 is 34.0 Å². The van der Waals surface area contributed by atoms with Gasteiger partial charge in [0.05, 0.1) is 27.7 Å². The van der Waals surface area contributed by atoms with Gasteiger partial charge in [-0.2, -0.15) is 0 Å². The Morgan fingerprint density at radius 1 is 1.00 bits per heavy atom. The van der Waals surface area contributed by atoms with Gasteiger partial charge in [-0.05, 0) is 18.2 Å². The van der Waals surface area contributed by atoms with Crippen molar-refractivity contribution in [3.63, 3.8) is 0 Å². The molecule has 23 heavy (non-hydrogen) atoms. The Balaban J connectivity index is 2.21. The van der Waals surface area contributed by atoms with E-state index in [1.807, 2.05) is 0 Å². The topological polar surface area (TPSA) is 121 Å². The van der Waals surface area contributed by atoms with Crippen LogP contribution in [0.4, 0.5) is 11.4 Å². The summed E-state index contributed by atoms with van der Waals surface area (Å²) >= 11 is 0. The summed E-state index contributed by atoms with van der Waals surface area (Å²) in [5.41, 5.74) is -1.10. The number of non-ortho nitro benzene ring substituents is 1. The number of imide groups is 1. The van der Waals surface area contributed by atoms with E-state index in [1.54, 1.807) is 12.1 Å². The second-order valence-corrected chi connectivity index (χ2v) is 4.74. The molecule has 0 fully saturated rings. The zero-order valence-corrected chi connectivity index (χ0v) is 11.4. The van der Waals surface area contributed by atoms with E-state index >= 15 is 0 Å². The molecule has 2 aromatic rings. The van der Waals surface area contributed by atoms with Gasteiger partial charge in [0.2, 0.25) is 0 Å². The molecule has 2 amide bonds. The Hall–Kier alpha value is -3.55. The van der Waals surface area contributed by atoms with Crippen LogP contribution in [0, 0.1) is 10.1 Å². The van der Waals surface area contributed by atoms with Crippen LogP contribution in [0.5, 0.6) is 0 Å². The van der Waals surface area contributed by atoms with Crippen molar-refractivity contribution in [1.29, 1.82) is 0 Å². The van der Waals surface area contributed by atoms with E-state index in [0.717, 1.165) is 18.2 Å². The van der Waals surface area contributed by atoms with E-state index in [9.17, 15) is 29.6 Å². The van der Waals surface area contributed by atoms with Crippen LogP contribution in [0.3, 0.4) is 0 Å². The zero-order valence-electron chi connectivity index (χ0n) is 11.4. The largest absolute Gasteiger partial charge is 0.545 e. The summed E-state index contributed by atoms with van der Waals surface area (Å²) < 4.78 is 0. The lowest BCUT2D eigenvalue weighted by molar-refractivity contribution is -0.384. The molecule has 0 bridgehead atoms. The molecule has 0 spiro atoms. The van der Waals surface area contributed by atoms with Gasteiger partial charge in [0.1, 0.15) is 0 Å². The molecule has 3 rings (SSSR count). The van der Waals surface area contributed by atoms with Gasteiger partial charge < -0.3 is 9.90 Å². The van der Waals surface area contributed by atoms with Crippen molar-refractivity contribution in [2.45, 2.75) is 0 Å². The number of carboxylic acid groups (broad SMARTS) is 1. The Labute approximate surface area is 128 Å². The van der Waals surface area contributed by atoms with Gasteiger partial charge in [0.25, 0.3) is 17.5 Å². The molecule has 0 aromatic heterocycles. The van der Waals surface area contributed by atoms with Crippen molar-refractivity contribution in [3.05, 3.63) is 69.3 Å². The summed E-state index contributed by atoms with van der Waals surface area (Å²) in [6, 6.07) is 8.73. The molecule has 1 heterocycles. The van der Waals surface area contributed by atoms with Crippen LogP contribution >= 0.6 is 0 Å². The first kappa shape index (κ1) is 14.4. The number of carbonyl (C=O) groups excluding carboxylic acids is 3. The van der Waals surface area contributed by atoms with Gasteiger partial charge in [-0.15, -0.1) is 0 Å². The van der Waals surface area contributed by atoms with Gasteiger partial charge in [0.15, 0.2) is 0 Å². The molecular weight excluding hydrogens is 304 g/mol. The molecule has 0 atom stereocenters. The van der Waals surface area contributed by atoms with Gasteiger partial charge in [-0.1, -0.05) is 12.1 Å². The molecule has 0 N–H and O–H groups in total. The van der Waals surface area contributed by atoms with E-state index in [1.165, 1.54) is 12.1 Å². The van der Waals surface area contributed by atoms with E-state index in [-0.39, 0.29) is 16.8 Å². The molecule has 0 saturated carbocycles. The van der Waals surface area contributed by atoms with Crippen molar-refractivity contribution in [3.8, 4) is 0 Å². The SMILES string of the molecule is O=C([O-])c1ccc([N+](=O)[O-])cc1N1C(=O)c2ccccc2C1=O. The number of fused-ring (bicyclic) bond motifs is 1. The average molecular weight is 311 g/mol. The smallest absolute Gasteiger partial charge is 0.271 e.